The van der Waals surface area contributed by atoms with Gasteiger partial charge in [-0.15, -0.1) is 0 Å². The van der Waals surface area contributed by atoms with Crippen molar-refractivity contribution in [1.29, 1.82) is 0 Å². The summed E-state index contributed by atoms with van der Waals surface area (Å²) in [7, 11) is 0. The lowest BCUT2D eigenvalue weighted by molar-refractivity contribution is -0.125. The normalized spacial score (nSPS) is 19.2. The molecule has 76 valence electrons. The van der Waals surface area contributed by atoms with Gasteiger partial charge in [0, 0.05) is 18.4 Å². The number of hydrogen-bond donors (Lipinski definition) is 1. The molecule has 1 rings (SSSR count). The maximum atomic E-state index is 10.9. The maximum absolute atomic E-state index is 10.9. The van der Waals surface area contributed by atoms with Crippen LogP contribution in [0.5, 0.6) is 0 Å². The second-order valence-electron chi connectivity index (χ2n) is 3.80. The van der Waals surface area contributed by atoms with E-state index in [2.05, 4.69) is 12.2 Å². The summed E-state index contributed by atoms with van der Waals surface area (Å²) in [6, 6.07) is 0. The molecule has 1 N–H and O–H groups in total. The third-order valence-corrected chi connectivity index (χ3v) is 2.87. The van der Waals surface area contributed by atoms with E-state index in [-0.39, 0.29) is 5.91 Å². The highest BCUT2D eigenvalue weighted by atomic mass is 16.5. The van der Waals surface area contributed by atoms with Crippen LogP contribution in [0.25, 0.3) is 0 Å². The number of carbonyl (C=O) groups excluding carboxylic acids is 1. The summed E-state index contributed by atoms with van der Waals surface area (Å²) < 4.78 is 5.20. The van der Waals surface area contributed by atoms with E-state index in [4.69, 9.17) is 4.74 Å². The van der Waals surface area contributed by atoms with Crippen molar-refractivity contribution < 1.29 is 9.53 Å². The van der Waals surface area contributed by atoms with Crippen molar-refractivity contribution in [3.8, 4) is 0 Å². The number of ether oxygens (including phenoxy) is 1. The minimum absolute atomic E-state index is 0.145. The molecule has 0 spiro atoms. The molecular weight excluding hydrogens is 166 g/mol. The van der Waals surface area contributed by atoms with Gasteiger partial charge in [0.1, 0.15) is 0 Å². The molecule has 3 heteroatoms. The van der Waals surface area contributed by atoms with Crippen molar-refractivity contribution in [2.45, 2.75) is 33.1 Å². The molecule has 1 aliphatic heterocycles. The van der Waals surface area contributed by atoms with Crippen molar-refractivity contribution in [2.24, 2.45) is 5.41 Å². The van der Waals surface area contributed by atoms with Crippen molar-refractivity contribution in [1.82, 2.24) is 5.32 Å². The minimum atomic E-state index is 0.145. The van der Waals surface area contributed by atoms with Crippen molar-refractivity contribution in [3.63, 3.8) is 0 Å². The van der Waals surface area contributed by atoms with Crippen LogP contribution in [0.1, 0.15) is 33.1 Å². The first kappa shape index (κ1) is 10.5. The molecular formula is C10H19NO2. The third-order valence-electron chi connectivity index (χ3n) is 2.87. The van der Waals surface area contributed by atoms with Gasteiger partial charge in [0.15, 0.2) is 0 Å². The standard InChI is InChI=1S/C10H19NO2/c1-3-9(12)11-6-5-10(4-2)7-13-8-10/h3-8H2,1-2H3,(H,11,12). The Morgan fingerprint density at radius 2 is 2.15 bits per heavy atom. The first-order chi connectivity index (χ1) is 6.22. The summed E-state index contributed by atoms with van der Waals surface area (Å²) in [4.78, 5) is 10.9. The molecule has 1 amide bonds. The van der Waals surface area contributed by atoms with Gasteiger partial charge in [0.25, 0.3) is 0 Å². The lowest BCUT2D eigenvalue weighted by atomic mass is 9.80. The summed E-state index contributed by atoms with van der Waals surface area (Å²) in [5.41, 5.74) is 0.362. The molecule has 0 aromatic rings. The SMILES string of the molecule is CCC(=O)NCCC1(CC)COC1. The summed E-state index contributed by atoms with van der Waals surface area (Å²) >= 11 is 0. The molecule has 1 saturated heterocycles. The Bertz CT molecular complexity index is 170. The molecule has 1 heterocycles. The Morgan fingerprint density at radius 3 is 2.54 bits per heavy atom. The Labute approximate surface area is 79.8 Å². The fourth-order valence-electron chi connectivity index (χ4n) is 1.51. The summed E-state index contributed by atoms with van der Waals surface area (Å²) in [5.74, 6) is 0.145. The molecule has 1 fully saturated rings. The van der Waals surface area contributed by atoms with E-state index >= 15 is 0 Å². The van der Waals surface area contributed by atoms with Gasteiger partial charge in [-0.2, -0.15) is 0 Å². The number of amides is 1. The lowest BCUT2D eigenvalue weighted by Crippen LogP contribution is -2.44. The van der Waals surface area contributed by atoms with E-state index in [1.165, 1.54) is 0 Å². The maximum Gasteiger partial charge on any atom is 0.219 e. The fraction of sp³-hybridized carbons (Fsp3) is 0.900. The first-order valence-corrected chi connectivity index (χ1v) is 5.07. The van der Waals surface area contributed by atoms with Crippen LogP contribution in [-0.4, -0.2) is 25.7 Å². The smallest absolute Gasteiger partial charge is 0.219 e. The molecule has 1 aliphatic rings. The van der Waals surface area contributed by atoms with E-state index in [0.717, 1.165) is 32.6 Å². The number of nitrogens with one attached hydrogen (secondary N) is 1. The molecule has 0 bridgehead atoms. The molecule has 0 aromatic heterocycles. The average molecular weight is 185 g/mol. The highest BCUT2D eigenvalue weighted by Gasteiger charge is 2.35. The van der Waals surface area contributed by atoms with Gasteiger partial charge in [0.2, 0.25) is 5.91 Å². The third kappa shape index (κ3) is 2.69. The zero-order valence-corrected chi connectivity index (χ0v) is 8.56. The number of rotatable bonds is 5. The second-order valence-corrected chi connectivity index (χ2v) is 3.80. The topological polar surface area (TPSA) is 38.3 Å². The van der Waals surface area contributed by atoms with Crippen molar-refractivity contribution >= 4 is 5.91 Å². The minimum Gasteiger partial charge on any atom is -0.380 e. The van der Waals surface area contributed by atoms with Crippen LogP contribution in [-0.2, 0) is 9.53 Å². The van der Waals surface area contributed by atoms with Gasteiger partial charge < -0.3 is 10.1 Å². The van der Waals surface area contributed by atoms with Crippen LogP contribution in [0.15, 0.2) is 0 Å². The quantitative estimate of drug-likeness (QED) is 0.701. The Kier molecular flexibility index (Phi) is 3.72. The predicted molar refractivity (Wildman–Crippen MR) is 51.5 cm³/mol. The van der Waals surface area contributed by atoms with Gasteiger partial charge in [0.05, 0.1) is 13.2 Å². The molecule has 0 atom stereocenters. The van der Waals surface area contributed by atoms with Crippen molar-refractivity contribution in [2.75, 3.05) is 19.8 Å². The molecule has 0 unspecified atom stereocenters. The fourth-order valence-corrected chi connectivity index (χ4v) is 1.51. The Balaban J connectivity index is 2.14. The van der Waals surface area contributed by atoms with Gasteiger partial charge >= 0.3 is 0 Å². The van der Waals surface area contributed by atoms with Gasteiger partial charge in [-0.25, -0.2) is 0 Å². The molecule has 0 radical (unpaired) electrons. The first-order valence-electron chi connectivity index (χ1n) is 5.07. The van der Waals surface area contributed by atoms with Crippen LogP contribution < -0.4 is 5.32 Å². The number of carbonyl (C=O) groups is 1. The van der Waals surface area contributed by atoms with Gasteiger partial charge in [-0.05, 0) is 12.8 Å². The summed E-state index contributed by atoms with van der Waals surface area (Å²) in [6.45, 7) is 6.59. The van der Waals surface area contributed by atoms with E-state index in [1.54, 1.807) is 0 Å². The zero-order valence-electron chi connectivity index (χ0n) is 8.56. The predicted octanol–water partition coefficient (Wildman–Crippen LogP) is 1.33. The van der Waals surface area contributed by atoms with E-state index in [0.29, 0.717) is 11.8 Å². The average Bonchev–Trinajstić information content (AvgIpc) is 2.09. The largest absolute Gasteiger partial charge is 0.380 e. The van der Waals surface area contributed by atoms with Gasteiger partial charge in [-0.3, -0.25) is 4.79 Å². The van der Waals surface area contributed by atoms with Crippen LogP contribution in [0, 0.1) is 5.41 Å². The summed E-state index contributed by atoms with van der Waals surface area (Å²) in [6.07, 6.45) is 2.78. The molecule has 0 saturated carbocycles. The monoisotopic (exact) mass is 185 g/mol. The van der Waals surface area contributed by atoms with Crippen molar-refractivity contribution in [3.05, 3.63) is 0 Å². The molecule has 13 heavy (non-hydrogen) atoms. The van der Waals surface area contributed by atoms with E-state index in [9.17, 15) is 4.79 Å². The van der Waals surface area contributed by atoms with Crippen LogP contribution in [0.3, 0.4) is 0 Å². The van der Waals surface area contributed by atoms with E-state index in [1.807, 2.05) is 6.92 Å². The summed E-state index contributed by atoms with van der Waals surface area (Å²) in [5, 5.41) is 2.90. The van der Waals surface area contributed by atoms with Crippen LogP contribution in [0.2, 0.25) is 0 Å². The lowest BCUT2D eigenvalue weighted by Gasteiger charge is -2.41. The second kappa shape index (κ2) is 4.61. The highest BCUT2D eigenvalue weighted by molar-refractivity contribution is 5.75. The molecule has 0 aliphatic carbocycles. The Morgan fingerprint density at radius 1 is 1.46 bits per heavy atom. The van der Waals surface area contributed by atoms with Crippen LogP contribution >= 0.6 is 0 Å². The zero-order chi connectivity index (χ0) is 9.73. The molecule has 0 aromatic carbocycles. The highest BCUT2D eigenvalue weighted by Crippen LogP contribution is 2.34. The van der Waals surface area contributed by atoms with Gasteiger partial charge in [-0.1, -0.05) is 13.8 Å². The van der Waals surface area contributed by atoms with E-state index < -0.39 is 0 Å². The van der Waals surface area contributed by atoms with Crippen LogP contribution in [0.4, 0.5) is 0 Å². The molecule has 3 nitrogen and oxygen atoms in total. The number of hydrogen-bond acceptors (Lipinski definition) is 2. The Hall–Kier alpha value is -0.570.